The van der Waals surface area contributed by atoms with Gasteiger partial charge in [0.1, 0.15) is 0 Å². The Kier molecular flexibility index (Phi) is 5.64. The van der Waals surface area contributed by atoms with Crippen molar-refractivity contribution in [2.45, 2.75) is 31.2 Å². The fourth-order valence-corrected chi connectivity index (χ4v) is 2.58. The van der Waals surface area contributed by atoms with E-state index in [1.807, 2.05) is 11.8 Å². The van der Waals surface area contributed by atoms with Crippen molar-refractivity contribution in [2.75, 3.05) is 5.75 Å². The number of hydrogen-bond donors (Lipinski definition) is 1. The van der Waals surface area contributed by atoms with Gasteiger partial charge in [0.25, 0.3) is 0 Å². The van der Waals surface area contributed by atoms with Crippen molar-refractivity contribution in [1.82, 2.24) is 0 Å². The van der Waals surface area contributed by atoms with E-state index in [0.717, 1.165) is 11.5 Å². The SMILES string of the molecule is C=CC(N)c1cccc(SCCC(C)C)c1. The molecule has 1 aromatic rings. The van der Waals surface area contributed by atoms with Crippen LogP contribution in [0.2, 0.25) is 0 Å². The second kappa shape index (κ2) is 6.77. The minimum Gasteiger partial charge on any atom is -0.321 e. The molecule has 1 rings (SSSR count). The molecule has 1 atom stereocenters. The number of thioether (sulfide) groups is 1. The highest BCUT2D eigenvalue weighted by Crippen LogP contribution is 2.23. The third-order valence-electron chi connectivity index (χ3n) is 2.46. The molecule has 0 aliphatic carbocycles. The lowest BCUT2D eigenvalue weighted by atomic mass is 10.1. The van der Waals surface area contributed by atoms with Gasteiger partial charge in [-0.2, -0.15) is 0 Å². The summed E-state index contributed by atoms with van der Waals surface area (Å²) in [5.74, 6) is 1.94. The van der Waals surface area contributed by atoms with E-state index in [-0.39, 0.29) is 6.04 Å². The maximum absolute atomic E-state index is 5.91. The van der Waals surface area contributed by atoms with Crippen LogP contribution in [0, 0.1) is 5.92 Å². The lowest BCUT2D eigenvalue weighted by Crippen LogP contribution is -2.06. The minimum absolute atomic E-state index is 0.0503. The fourth-order valence-electron chi connectivity index (χ4n) is 1.36. The minimum atomic E-state index is -0.0503. The summed E-state index contributed by atoms with van der Waals surface area (Å²) >= 11 is 1.90. The van der Waals surface area contributed by atoms with Crippen LogP contribution in [-0.2, 0) is 0 Å². The van der Waals surface area contributed by atoms with Gasteiger partial charge >= 0.3 is 0 Å². The summed E-state index contributed by atoms with van der Waals surface area (Å²) in [6.45, 7) is 8.23. The fraction of sp³-hybridized carbons (Fsp3) is 0.429. The molecule has 0 saturated heterocycles. The van der Waals surface area contributed by atoms with Crippen LogP contribution in [0.1, 0.15) is 31.9 Å². The molecule has 16 heavy (non-hydrogen) atoms. The first-order valence-corrected chi connectivity index (χ1v) is 6.73. The van der Waals surface area contributed by atoms with Crippen molar-refractivity contribution in [1.29, 1.82) is 0 Å². The molecule has 0 aliphatic rings. The molecule has 0 heterocycles. The molecular weight excluding hydrogens is 214 g/mol. The molecule has 0 aromatic heterocycles. The van der Waals surface area contributed by atoms with Crippen LogP contribution >= 0.6 is 11.8 Å². The normalized spacial score (nSPS) is 12.8. The Balaban J connectivity index is 2.57. The summed E-state index contributed by atoms with van der Waals surface area (Å²) in [5.41, 5.74) is 7.06. The quantitative estimate of drug-likeness (QED) is 0.595. The highest BCUT2D eigenvalue weighted by molar-refractivity contribution is 7.99. The lowest BCUT2D eigenvalue weighted by Gasteiger charge is -2.09. The second-order valence-electron chi connectivity index (χ2n) is 4.36. The molecule has 0 radical (unpaired) electrons. The van der Waals surface area contributed by atoms with E-state index in [0.29, 0.717) is 0 Å². The maximum atomic E-state index is 5.91. The van der Waals surface area contributed by atoms with Crippen LogP contribution in [0.3, 0.4) is 0 Å². The number of benzene rings is 1. The summed E-state index contributed by atoms with van der Waals surface area (Å²) in [4.78, 5) is 1.30. The third kappa shape index (κ3) is 4.42. The Morgan fingerprint density at radius 1 is 1.44 bits per heavy atom. The lowest BCUT2D eigenvalue weighted by molar-refractivity contribution is 0.632. The molecular formula is C14H21NS. The van der Waals surface area contributed by atoms with Crippen molar-refractivity contribution < 1.29 is 0 Å². The molecule has 1 nitrogen and oxygen atoms in total. The van der Waals surface area contributed by atoms with Crippen LogP contribution in [0.25, 0.3) is 0 Å². The van der Waals surface area contributed by atoms with E-state index in [2.05, 4.69) is 44.7 Å². The smallest absolute Gasteiger partial charge is 0.0478 e. The molecule has 0 spiro atoms. The van der Waals surface area contributed by atoms with Crippen LogP contribution in [-0.4, -0.2) is 5.75 Å². The highest BCUT2D eigenvalue weighted by Gasteiger charge is 2.02. The van der Waals surface area contributed by atoms with Crippen molar-refractivity contribution in [3.05, 3.63) is 42.5 Å². The van der Waals surface area contributed by atoms with Gasteiger partial charge in [-0.05, 0) is 35.8 Å². The first-order valence-electron chi connectivity index (χ1n) is 5.74. The van der Waals surface area contributed by atoms with E-state index >= 15 is 0 Å². The summed E-state index contributed by atoms with van der Waals surface area (Å²) in [7, 11) is 0. The van der Waals surface area contributed by atoms with E-state index in [1.54, 1.807) is 6.08 Å². The first kappa shape index (κ1) is 13.3. The zero-order chi connectivity index (χ0) is 12.0. The summed E-state index contributed by atoms with van der Waals surface area (Å²) in [6, 6.07) is 8.38. The Hall–Kier alpha value is -0.730. The van der Waals surface area contributed by atoms with Crippen molar-refractivity contribution in [3.63, 3.8) is 0 Å². The maximum Gasteiger partial charge on any atom is 0.0478 e. The van der Waals surface area contributed by atoms with Gasteiger partial charge in [-0.25, -0.2) is 0 Å². The predicted molar refractivity (Wildman–Crippen MR) is 73.7 cm³/mol. The zero-order valence-corrected chi connectivity index (χ0v) is 11.0. The average molecular weight is 235 g/mol. The largest absolute Gasteiger partial charge is 0.321 e. The topological polar surface area (TPSA) is 26.0 Å². The summed E-state index contributed by atoms with van der Waals surface area (Å²) < 4.78 is 0. The Bertz CT molecular complexity index is 333. The van der Waals surface area contributed by atoms with E-state index in [4.69, 9.17) is 5.73 Å². The Morgan fingerprint density at radius 3 is 2.81 bits per heavy atom. The standard InChI is InChI=1S/C14H21NS/c1-4-14(15)12-6-5-7-13(10-12)16-9-8-11(2)3/h4-7,10-11,14H,1,8-9,15H2,2-3H3. The number of hydrogen-bond acceptors (Lipinski definition) is 2. The van der Waals surface area contributed by atoms with Gasteiger partial charge in [0.2, 0.25) is 0 Å². The Morgan fingerprint density at radius 2 is 2.19 bits per heavy atom. The van der Waals surface area contributed by atoms with Gasteiger partial charge < -0.3 is 5.73 Å². The molecule has 1 unspecified atom stereocenters. The molecule has 0 bridgehead atoms. The monoisotopic (exact) mass is 235 g/mol. The summed E-state index contributed by atoms with van der Waals surface area (Å²) in [5, 5.41) is 0. The Labute approximate surface area is 103 Å². The van der Waals surface area contributed by atoms with E-state index in [9.17, 15) is 0 Å². The molecule has 88 valence electrons. The molecule has 2 N–H and O–H groups in total. The van der Waals surface area contributed by atoms with Gasteiger partial charge in [-0.15, -0.1) is 18.3 Å². The highest BCUT2D eigenvalue weighted by atomic mass is 32.2. The third-order valence-corrected chi connectivity index (χ3v) is 3.49. The first-order chi connectivity index (χ1) is 7.63. The molecule has 0 amide bonds. The molecule has 0 fully saturated rings. The van der Waals surface area contributed by atoms with Crippen molar-refractivity contribution in [3.8, 4) is 0 Å². The van der Waals surface area contributed by atoms with Gasteiger partial charge in [-0.1, -0.05) is 32.1 Å². The van der Waals surface area contributed by atoms with Gasteiger partial charge in [0.15, 0.2) is 0 Å². The van der Waals surface area contributed by atoms with E-state index < -0.39 is 0 Å². The zero-order valence-electron chi connectivity index (χ0n) is 10.1. The van der Waals surface area contributed by atoms with Crippen LogP contribution in [0.5, 0.6) is 0 Å². The van der Waals surface area contributed by atoms with Crippen molar-refractivity contribution >= 4 is 11.8 Å². The van der Waals surface area contributed by atoms with Gasteiger partial charge in [0.05, 0.1) is 0 Å². The number of nitrogens with two attached hydrogens (primary N) is 1. The van der Waals surface area contributed by atoms with Crippen LogP contribution in [0.4, 0.5) is 0 Å². The van der Waals surface area contributed by atoms with E-state index in [1.165, 1.54) is 17.1 Å². The average Bonchev–Trinajstić information content (AvgIpc) is 2.28. The number of rotatable bonds is 6. The molecule has 2 heteroatoms. The molecule has 0 aliphatic heterocycles. The predicted octanol–water partition coefficient (Wildman–Crippen LogP) is 4.01. The van der Waals surface area contributed by atoms with Gasteiger partial charge in [-0.3, -0.25) is 0 Å². The molecule has 1 aromatic carbocycles. The van der Waals surface area contributed by atoms with Gasteiger partial charge in [0, 0.05) is 10.9 Å². The van der Waals surface area contributed by atoms with Crippen LogP contribution < -0.4 is 5.73 Å². The molecule has 0 saturated carbocycles. The van der Waals surface area contributed by atoms with Crippen LogP contribution in [0.15, 0.2) is 41.8 Å². The second-order valence-corrected chi connectivity index (χ2v) is 5.53. The van der Waals surface area contributed by atoms with Crippen molar-refractivity contribution in [2.24, 2.45) is 11.7 Å². The summed E-state index contributed by atoms with van der Waals surface area (Å²) in [6.07, 6.45) is 3.03.